The van der Waals surface area contributed by atoms with Crippen LogP contribution in [0, 0.1) is 0 Å². The molecule has 6 unspecified atom stereocenters. The molecular formula is C67H104O12. The number of allylic oxidation sites excluding steroid dienone is 22. The standard InChI is InChI=1S/C67H104O12/c1-4-7-10-13-16-19-22-24-26-28-30-32-34-36-39-41-44-47-50-53-59(68)75-56-58(77-60(69)54-51-48-45-42-38-21-18-15-12-9-6-3)57-76-67-65(63(72)62(71)64(79-67)66(73)74)78-61(70)55-52-49-46-43-40-37-35-33-31-29-27-25-23-20-17-14-11-8-5-2/h7-8,10-11,16-17,19-20,24-27,30-33,36-37,39-40,46,49,58,62-65,67,71-72H,4-6,9,12-15,18,21-23,28-29,34-35,38,41-45,47-48,50-57H2,1-3H3,(H,73,74)/b10-7-,11-8-,19-16-,20-17-,26-24-,27-25-,32-30-,33-31-,39-36-,40-37-,49-46-. The molecule has 1 heterocycles. The second kappa shape index (κ2) is 53.5. The molecule has 0 aromatic heterocycles. The van der Waals surface area contributed by atoms with E-state index in [4.69, 9.17) is 23.7 Å². The van der Waals surface area contributed by atoms with Gasteiger partial charge in [0.15, 0.2) is 24.6 Å². The second-order valence-corrected chi connectivity index (χ2v) is 19.9. The SMILES string of the molecule is CC/C=C\C/C=C\C/C=C\C/C=C\C/C=C\C/C=C\CCC(=O)OC1C(OCC(COC(=O)CCCCC/C=C\C/C=C\C/C=C\C/C=C\C/C=C\CC)OC(=O)CCCCCCCCCCCCC)OC(C(=O)O)C(O)C1O. The van der Waals surface area contributed by atoms with Crippen LogP contribution < -0.4 is 0 Å². The average molecular weight is 1100 g/mol. The van der Waals surface area contributed by atoms with E-state index in [1.54, 1.807) is 0 Å². The number of aliphatic hydroxyl groups is 2. The van der Waals surface area contributed by atoms with Gasteiger partial charge in [-0.2, -0.15) is 0 Å². The number of hydrogen-bond acceptors (Lipinski definition) is 11. The Balaban J connectivity index is 2.73. The maximum Gasteiger partial charge on any atom is 0.335 e. The molecule has 79 heavy (non-hydrogen) atoms. The number of carbonyl (C=O) groups excluding carboxylic acids is 3. The summed E-state index contributed by atoms with van der Waals surface area (Å²) in [7, 11) is 0. The van der Waals surface area contributed by atoms with Crippen LogP contribution in [-0.4, -0.2) is 89.2 Å². The summed E-state index contributed by atoms with van der Waals surface area (Å²) >= 11 is 0. The van der Waals surface area contributed by atoms with E-state index >= 15 is 0 Å². The molecule has 1 aliphatic heterocycles. The molecule has 444 valence electrons. The number of carboxylic acid groups (broad SMARTS) is 1. The van der Waals surface area contributed by atoms with Gasteiger partial charge in [0.05, 0.1) is 6.61 Å². The fourth-order valence-corrected chi connectivity index (χ4v) is 8.18. The summed E-state index contributed by atoms with van der Waals surface area (Å²) in [4.78, 5) is 51.1. The van der Waals surface area contributed by atoms with Crippen LogP contribution in [0.25, 0.3) is 0 Å². The van der Waals surface area contributed by atoms with Gasteiger partial charge in [0.25, 0.3) is 0 Å². The molecule has 1 saturated heterocycles. The van der Waals surface area contributed by atoms with Crippen LogP contribution in [0.5, 0.6) is 0 Å². The Morgan fingerprint density at radius 2 is 0.823 bits per heavy atom. The van der Waals surface area contributed by atoms with Gasteiger partial charge in [-0.3, -0.25) is 14.4 Å². The van der Waals surface area contributed by atoms with Gasteiger partial charge in [0.1, 0.15) is 18.8 Å². The van der Waals surface area contributed by atoms with Crippen molar-refractivity contribution in [3.05, 3.63) is 134 Å². The lowest BCUT2D eigenvalue weighted by atomic mass is 9.98. The topological polar surface area (TPSA) is 175 Å². The van der Waals surface area contributed by atoms with E-state index in [0.29, 0.717) is 25.7 Å². The largest absolute Gasteiger partial charge is 0.479 e. The third-order valence-electron chi connectivity index (χ3n) is 12.7. The molecule has 0 amide bonds. The number of hydrogen-bond donors (Lipinski definition) is 3. The van der Waals surface area contributed by atoms with Crippen molar-refractivity contribution in [2.75, 3.05) is 13.2 Å². The number of carbonyl (C=O) groups is 4. The Kier molecular flexibility index (Phi) is 48.7. The zero-order valence-corrected chi connectivity index (χ0v) is 48.8. The van der Waals surface area contributed by atoms with Gasteiger partial charge in [0.2, 0.25) is 0 Å². The van der Waals surface area contributed by atoms with Crippen LogP contribution in [0.4, 0.5) is 0 Å². The Labute approximate surface area is 477 Å². The predicted octanol–water partition coefficient (Wildman–Crippen LogP) is 15.8. The van der Waals surface area contributed by atoms with Crippen LogP contribution in [0.3, 0.4) is 0 Å². The first-order valence-electron chi connectivity index (χ1n) is 30.2. The zero-order chi connectivity index (χ0) is 57.5. The molecule has 0 radical (unpaired) electrons. The van der Waals surface area contributed by atoms with E-state index in [1.807, 2.05) is 18.2 Å². The molecule has 12 nitrogen and oxygen atoms in total. The minimum atomic E-state index is -1.94. The summed E-state index contributed by atoms with van der Waals surface area (Å²) in [6.07, 6.45) is 62.9. The van der Waals surface area contributed by atoms with Crippen LogP contribution >= 0.6 is 0 Å². The van der Waals surface area contributed by atoms with Crippen molar-refractivity contribution in [3.8, 4) is 0 Å². The van der Waals surface area contributed by atoms with Crippen LogP contribution in [-0.2, 0) is 42.9 Å². The molecule has 1 rings (SSSR count). The monoisotopic (exact) mass is 1100 g/mol. The molecule has 12 heteroatoms. The number of rotatable bonds is 49. The average Bonchev–Trinajstić information content (AvgIpc) is 3.43. The van der Waals surface area contributed by atoms with Crippen molar-refractivity contribution < 1.29 is 58.2 Å². The Hall–Kier alpha value is -5.14. The summed E-state index contributed by atoms with van der Waals surface area (Å²) in [5, 5.41) is 31.5. The van der Waals surface area contributed by atoms with Crippen molar-refractivity contribution in [1.82, 2.24) is 0 Å². The van der Waals surface area contributed by atoms with E-state index in [1.165, 1.54) is 44.9 Å². The lowest BCUT2D eigenvalue weighted by Crippen LogP contribution is -2.61. The van der Waals surface area contributed by atoms with E-state index in [-0.39, 0.29) is 25.9 Å². The molecule has 0 aliphatic carbocycles. The second-order valence-electron chi connectivity index (χ2n) is 19.9. The Bertz CT molecular complexity index is 1880. The third-order valence-corrected chi connectivity index (χ3v) is 12.7. The Morgan fingerprint density at radius 3 is 1.27 bits per heavy atom. The highest BCUT2D eigenvalue weighted by molar-refractivity contribution is 5.74. The predicted molar refractivity (Wildman–Crippen MR) is 321 cm³/mol. The van der Waals surface area contributed by atoms with Crippen LogP contribution in [0.1, 0.15) is 213 Å². The minimum Gasteiger partial charge on any atom is -0.479 e. The summed E-state index contributed by atoms with van der Waals surface area (Å²) < 4.78 is 28.3. The highest BCUT2D eigenvalue weighted by Crippen LogP contribution is 2.26. The maximum absolute atomic E-state index is 13.1. The maximum atomic E-state index is 13.1. The number of unbranched alkanes of at least 4 members (excludes halogenated alkanes) is 13. The number of ether oxygens (including phenoxy) is 5. The number of aliphatic hydroxyl groups excluding tert-OH is 2. The van der Waals surface area contributed by atoms with Crippen LogP contribution in [0.2, 0.25) is 0 Å². The summed E-state index contributed by atoms with van der Waals surface area (Å²) in [5.41, 5.74) is 0. The molecule has 0 bridgehead atoms. The first-order chi connectivity index (χ1) is 38.6. The normalized spacial score (nSPS) is 18.8. The Morgan fingerprint density at radius 1 is 0.430 bits per heavy atom. The first-order valence-corrected chi connectivity index (χ1v) is 30.2. The lowest BCUT2D eigenvalue weighted by Gasteiger charge is -2.40. The summed E-state index contributed by atoms with van der Waals surface area (Å²) in [6.45, 7) is 5.68. The van der Waals surface area contributed by atoms with Gasteiger partial charge in [-0.25, -0.2) is 4.79 Å². The fraction of sp³-hybridized carbons (Fsp3) is 0.612. The summed E-state index contributed by atoms with van der Waals surface area (Å²) in [6, 6.07) is 0. The van der Waals surface area contributed by atoms with Gasteiger partial charge in [0, 0.05) is 19.3 Å². The van der Waals surface area contributed by atoms with Gasteiger partial charge in [-0.1, -0.05) is 225 Å². The molecule has 1 fully saturated rings. The number of esters is 3. The van der Waals surface area contributed by atoms with Gasteiger partial charge >= 0.3 is 23.9 Å². The van der Waals surface area contributed by atoms with Crippen molar-refractivity contribution >= 4 is 23.9 Å². The smallest absolute Gasteiger partial charge is 0.335 e. The van der Waals surface area contributed by atoms with E-state index in [9.17, 15) is 34.5 Å². The van der Waals surface area contributed by atoms with Gasteiger partial charge in [-0.05, 0) is 103 Å². The van der Waals surface area contributed by atoms with Gasteiger partial charge in [-0.15, -0.1) is 0 Å². The van der Waals surface area contributed by atoms with Crippen molar-refractivity contribution in [3.63, 3.8) is 0 Å². The fourth-order valence-electron chi connectivity index (χ4n) is 8.18. The summed E-state index contributed by atoms with van der Waals surface area (Å²) in [5.74, 6) is -3.29. The molecular weight excluding hydrogens is 997 g/mol. The molecule has 0 aromatic carbocycles. The highest BCUT2D eigenvalue weighted by Gasteiger charge is 2.50. The minimum absolute atomic E-state index is 0.0742. The van der Waals surface area contributed by atoms with E-state index in [2.05, 4.69) is 136 Å². The molecule has 3 N–H and O–H groups in total. The molecule has 0 spiro atoms. The third kappa shape index (κ3) is 43.4. The molecule has 6 atom stereocenters. The van der Waals surface area contributed by atoms with Crippen LogP contribution in [0.15, 0.2) is 134 Å². The van der Waals surface area contributed by atoms with Gasteiger partial charge < -0.3 is 39.0 Å². The number of carboxylic acids is 1. The lowest BCUT2D eigenvalue weighted by molar-refractivity contribution is -0.301. The van der Waals surface area contributed by atoms with Crippen molar-refractivity contribution in [2.24, 2.45) is 0 Å². The molecule has 1 aliphatic rings. The van der Waals surface area contributed by atoms with E-state index in [0.717, 1.165) is 103 Å². The van der Waals surface area contributed by atoms with E-state index < -0.39 is 67.3 Å². The highest BCUT2D eigenvalue weighted by atomic mass is 16.7. The molecule has 0 aromatic rings. The zero-order valence-electron chi connectivity index (χ0n) is 48.8. The van der Waals surface area contributed by atoms with Crippen molar-refractivity contribution in [2.45, 2.75) is 250 Å². The molecule has 0 saturated carbocycles. The van der Waals surface area contributed by atoms with Crippen molar-refractivity contribution in [1.29, 1.82) is 0 Å². The quantitative estimate of drug-likeness (QED) is 0.0228. The first kappa shape index (κ1) is 71.9. The number of aliphatic carboxylic acids is 1.